The van der Waals surface area contributed by atoms with E-state index in [-0.39, 0.29) is 11.5 Å². The lowest BCUT2D eigenvalue weighted by atomic mass is 10.2. The van der Waals surface area contributed by atoms with Gasteiger partial charge in [0.1, 0.15) is 5.75 Å². The molecule has 21 heavy (non-hydrogen) atoms. The number of aryl methyl sites for hydroxylation is 1. The highest BCUT2D eigenvalue weighted by Gasteiger charge is 2.05. The standard InChI is InChI=1S/C16H18N2O3/c1-18-10-8-13(12-15(18)19)16(20)17-9-5-11-21-14-6-3-2-4-7-14/h2-4,6-8,10,12H,5,9,11H2,1H3,(H,17,20). The van der Waals surface area contributed by atoms with Crippen molar-refractivity contribution in [1.82, 2.24) is 9.88 Å². The van der Waals surface area contributed by atoms with Gasteiger partial charge in [-0.1, -0.05) is 18.2 Å². The summed E-state index contributed by atoms with van der Waals surface area (Å²) in [7, 11) is 1.64. The van der Waals surface area contributed by atoms with Crippen molar-refractivity contribution in [3.05, 3.63) is 64.6 Å². The monoisotopic (exact) mass is 286 g/mol. The van der Waals surface area contributed by atoms with E-state index in [1.807, 2.05) is 30.3 Å². The molecule has 2 aromatic rings. The fourth-order valence-electron chi connectivity index (χ4n) is 1.77. The zero-order valence-corrected chi connectivity index (χ0v) is 11.9. The Morgan fingerprint density at radius 1 is 1.24 bits per heavy atom. The van der Waals surface area contributed by atoms with Gasteiger partial charge in [0, 0.05) is 31.4 Å². The zero-order chi connectivity index (χ0) is 15.1. The van der Waals surface area contributed by atoms with Gasteiger partial charge in [-0.15, -0.1) is 0 Å². The first kappa shape index (κ1) is 14.8. The molecule has 0 aliphatic carbocycles. The maximum Gasteiger partial charge on any atom is 0.251 e. The molecule has 0 radical (unpaired) electrons. The average molecular weight is 286 g/mol. The summed E-state index contributed by atoms with van der Waals surface area (Å²) in [5.74, 6) is 0.572. The fraction of sp³-hybridized carbons (Fsp3) is 0.250. The van der Waals surface area contributed by atoms with Crippen molar-refractivity contribution >= 4 is 5.91 Å². The number of carbonyl (C=O) groups is 1. The highest BCUT2D eigenvalue weighted by molar-refractivity contribution is 5.93. The molecule has 110 valence electrons. The van der Waals surface area contributed by atoms with Crippen LogP contribution in [0.5, 0.6) is 5.75 Å². The first-order valence-corrected chi connectivity index (χ1v) is 6.79. The summed E-state index contributed by atoms with van der Waals surface area (Å²) in [6, 6.07) is 12.5. The maximum absolute atomic E-state index is 11.8. The molecule has 0 saturated heterocycles. The van der Waals surface area contributed by atoms with Crippen LogP contribution in [0.3, 0.4) is 0 Å². The largest absolute Gasteiger partial charge is 0.494 e. The molecule has 1 heterocycles. The smallest absolute Gasteiger partial charge is 0.251 e. The van der Waals surface area contributed by atoms with Crippen LogP contribution in [-0.4, -0.2) is 23.6 Å². The molecule has 0 fully saturated rings. The molecule has 0 saturated carbocycles. The topological polar surface area (TPSA) is 60.3 Å². The summed E-state index contributed by atoms with van der Waals surface area (Å²) in [5.41, 5.74) is 0.178. The molecule has 1 amide bonds. The van der Waals surface area contributed by atoms with Crippen LogP contribution in [0.25, 0.3) is 0 Å². The average Bonchev–Trinajstić information content (AvgIpc) is 2.50. The Bertz CT molecular complexity index is 650. The number of aromatic nitrogens is 1. The minimum atomic E-state index is -0.243. The molecule has 0 aliphatic heterocycles. The number of nitrogens with one attached hydrogen (secondary N) is 1. The van der Waals surface area contributed by atoms with Gasteiger partial charge in [-0.25, -0.2) is 0 Å². The van der Waals surface area contributed by atoms with Gasteiger partial charge in [-0.2, -0.15) is 0 Å². The molecule has 0 aliphatic rings. The lowest BCUT2D eigenvalue weighted by Crippen LogP contribution is -2.27. The first-order chi connectivity index (χ1) is 10.2. The van der Waals surface area contributed by atoms with Gasteiger partial charge >= 0.3 is 0 Å². The van der Waals surface area contributed by atoms with E-state index in [0.29, 0.717) is 25.1 Å². The number of hydrogen-bond acceptors (Lipinski definition) is 3. The second-order valence-corrected chi connectivity index (χ2v) is 4.64. The molecule has 5 heteroatoms. The molecule has 0 unspecified atom stereocenters. The van der Waals surface area contributed by atoms with E-state index in [2.05, 4.69) is 5.32 Å². The molecule has 0 bridgehead atoms. The quantitative estimate of drug-likeness (QED) is 0.820. The van der Waals surface area contributed by atoms with Crippen molar-refractivity contribution < 1.29 is 9.53 Å². The summed E-state index contributed by atoms with van der Waals surface area (Å²) in [4.78, 5) is 23.3. The number of pyridine rings is 1. The lowest BCUT2D eigenvalue weighted by molar-refractivity contribution is 0.0951. The maximum atomic E-state index is 11.8. The van der Waals surface area contributed by atoms with E-state index in [0.717, 1.165) is 5.75 Å². The van der Waals surface area contributed by atoms with Crippen LogP contribution in [0.2, 0.25) is 0 Å². The fourth-order valence-corrected chi connectivity index (χ4v) is 1.77. The van der Waals surface area contributed by atoms with Crippen molar-refractivity contribution in [2.75, 3.05) is 13.2 Å². The molecule has 0 spiro atoms. The van der Waals surface area contributed by atoms with Gasteiger partial charge in [-0.05, 0) is 24.6 Å². The molecule has 1 N–H and O–H groups in total. The van der Waals surface area contributed by atoms with Gasteiger partial charge in [0.25, 0.3) is 11.5 Å². The molecule has 2 rings (SSSR count). The summed E-state index contributed by atoms with van der Waals surface area (Å²) in [6.45, 7) is 1.03. The highest BCUT2D eigenvalue weighted by atomic mass is 16.5. The number of amides is 1. The molecular formula is C16H18N2O3. The third-order valence-corrected chi connectivity index (χ3v) is 2.99. The SMILES string of the molecule is Cn1ccc(C(=O)NCCCOc2ccccc2)cc1=O. The summed E-state index contributed by atoms with van der Waals surface area (Å²) >= 11 is 0. The van der Waals surface area contributed by atoms with E-state index in [9.17, 15) is 9.59 Å². The number of para-hydroxylation sites is 1. The van der Waals surface area contributed by atoms with Crippen molar-refractivity contribution in [2.24, 2.45) is 7.05 Å². The Labute approximate surface area is 123 Å². The second-order valence-electron chi connectivity index (χ2n) is 4.64. The van der Waals surface area contributed by atoms with Crippen LogP contribution < -0.4 is 15.6 Å². The van der Waals surface area contributed by atoms with E-state index >= 15 is 0 Å². The van der Waals surface area contributed by atoms with E-state index in [1.165, 1.54) is 10.6 Å². The van der Waals surface area contributed by atoms with E-state index in [4.69, 9.17) is 4.74 Å². The number of rotatable bonds is 6. The van der Waals surface area contributed by atoms with E-state index < -0.39 is 0 Å². The van der Waals surface area contributed by atoms with Crippen molar-refractivity contribution in [2.45, 2.75) is 6.42 Å². The first-order valence-electron chi connectivity index (χ1n) is 6.79. The highest BCUT2D eigenvalue weighted by Crippen LogP contribution is 2.08. The van der Waals surface area contributed by atoms with Crippen LogP contribution in [0.15, 0.2) is 53.5 Å². The van der Waals surface area contributed by atoms with Crippen molar-refractivity contribution in [1.29, 1.82) is 0 Å². The van der Waals surface area contributed by atoms with Crippen LogP contribution in [0.4, 0.5) is 0 Å². The third kappa shape index (κ3) is 4.49. The Kier molecular flexibility index (Phi) is 5.15. The number of hydrogen-bond donors (Lipinski definition) is 1. The Hall–Kier alpha value is -2.56. The summed E-state index contributed by atoms with van der Waals surface area (Å²) in [5, 5.41) is 2.76. The van der Waals surface area contributed by atoms with E-state index in [1.54, 1.807) is 19.3 Å². The van der Waals surface area contributed by atoms with Crippen LogP contribution in [0, 0.1) is 0 Å². The van der Waals surface area contributed by atoms with Gasteiger partial charge in [0.05, 0.1) is 6.61 Å². The van der Waals surface area contributed by atoms with Crippen LogP contribution in [0.1, 0.15) is 16.8 Å². The van der Waals surface area contributed by atoms with Crippen LogP contribution >= 0.6 is 0 Å². The van der Waals surface area contributed by atoms with Gasteiger partial charge < -0.3 is 14.6 Å². The molecule has 1 aromatic heterocycles. The predicted octanol–water partition coefficient (Wildman–Crippen LogP) is 1.58. The van der Waals surface area contributed by atoms with Gasteiger partial charge in [0.2, 0.25) is 0 Å². The Morgan fingerprint density at radius 2 is 2.00 bits per heavy atom. The minimum absolute atomic E-state index is 0.199. The summed E-state index contributed by atoms with van der Waals surface area (Å²) in [6.07, 6.45) is 2.28. The zero-order valence-electron chi connectivity index (χ0n) is 11.9. The third-order valence-electron chi connectivity index (χ3n) is 2.99. The van der Waals surface area contributed by atoms with Crippen molar-refractivity contribution in [3.63, 3.8) is 0 Å². The number of ether oxygens (including phenoxy) is 1. The molecular weight excluding hydrogens is 268 g/mol. The molecule has 1 aromatic carbocycles. The second kappa shape index (κ2) is 7.28. The number of benzene rings is 1. The van der Waals surface area contributed by atoms with Crippen molar-refractivity contribution in [3.8, 4) is 5.75 Å². The lowest BCUT2D eigenvalue weighted by Gasteiger charge is -2.07. The Morgan fingerprint density at radius 3 is 2.71 bits per heavy atom. The summed E-state index contributed by atoms with van der Waals surface area (Å²) < 4.78 is 6.94. The predicted molar refractivity (Wildman–Crippen MR) is 80.6 cm³/mol. The molecule has 0 atom stereocenters. The number of nitrogens with zero attached hydrogens (tertiary/aromatic N) is 1. The normalized spacial score (nSPS) is 10.1. The minimum Gasteiger partial charge on any atom is -0.494 e. The van der Waals surface area contributed by atoms with Gasteiger partial charge in [0.15, 0.2) is 0 Å². The molecule has 5 nitrogen and oxygen atoms in total. The Balaban J connectivity index is 1.72. The number of carbonyl (C=O) groups excluding carboxylic acids is 1. The van der Waals surface area contributed by atoms with Crippen LogP contribution in [-0.2, 0) is 7.05 Å². The van der Waals surface area contributed by atoms with Gasteiger partial charge in [-0.3, -0.25) is 9.59 Å².